The molecule has 0 aromatic heterocycles. The number of aliphatic carboxylic acids is 4. The molecule has 1 heterocycles. The number of hydrogen-bond donors (Lipinski definition) is 5. The van der Waals surface area contributed by atoms with Gasteiger partial charge in [-0.3, -0.25) is 4.90 Å². The lowest BCUT2D eigenvalue weighted by Crippen LogP contribution is -2.50. The Morgan fingerprint density at radius 1 is 0.879 bits per heavy atom. The lowest BCUT2D eigenvalue weighted by Gasteiger charge is -2.37. The predicted octanol–water partition coefficient (Wildman–Crippen LogP) is 1.53. The van der Waals surface area contributed by atoms with Crippen molar-refractivity contribution in [3.63, 3.8) is 0 Å². The van der Waals surface area contributed by atoms with Gasteiger partial charge in [0.25, 0.3) is 0 Å². The van der Waals surface area contributed by atoms with Gasteiger partial charge < -0.3 is 25.7 Å². The minimum atomic E-state index is -1.26. The van der Waals surface area contributed by atoms with Gasteiger partial charge in [-0.25, -0.2) is 19.2 Å². The van der Waals surface area contributed by atoms with E-state index in [1.54, 1.807) is 0 Å². The highest BCUT2D eigenvalue weighted by Gasteiger charge is 2.26. The number of halogens is 1. The highest BCUT2D eigenvalue weighted by atomic mass is 35.5. The molecule has 1 aliphatic heterocycles. The Balaban J connectivity index is 0.000000288. The molecule has 0 spiro atoms. The van der Waals surface area contributed by atoms with Gasteiger partial charge in [0.1, 0.15) is 0 Å². The van der Waals surface area contributed by atoms with Gasteiger partial charge in [-0.15, -0.1) is 0 Å². The minimum Gasteiger partial charge on any atom is -0.478 e. The summed E-state index contributed by atoms with van der Waals surface area (Å²) in [5.74, 6) is -5.03. The molecule has 0 saturated carbocycles. The molecule has 11 heteroatoms. The van der Waals surface area contributed by atoms with Crippen LogP contribution in [0.25, 0.3) is 0 Å². The number of carboxylic acid groups (broad SMARTS) is 4. The molecule has 1 unspecified atom stereocenters. The van der Waals surface area contributed by atoms with Crippen molar-refractivity contribution in [2.45, 2.75) is 25.3 Å². The number of rotatable bonds is 5. The number of hydrogen-bond acceptors (Lipinski definition) is 6. The molecule has 1 fully saturated rings. The molecular weight excluding hydrogens is 456 g/mol. The Bertz CT molecular complexity index is 828. The third-order valence-electron chi connectivity index (χ3n) is 4.81. The molecule has 1 aromatic carbocycles. The van der Waals surface area contributed by atoms with Crippen LogP contribution in [0.4, 0.5) is 0 Å². The smallest absolute Gasteiger partial charge is 0.328 e. The van der Waals surface area contributed by atoms with Crippen molar-refractivity contribution in [1.29, 1.82) is 0 Å². The topological polar surface area (TPSA) is 164 Å². The first-order valence-electron chi connectivity index (χ1n) is 10.1. The highest BCUT2D eigenvalue weighted by Crippen LogP contribution is 2.29. The van der Waals surface area contributed by atoms with E-state index in [0.29, 0.717) is 30.3 Å². The summed E-state index contributed by atoms with van der Waals surface area (Å²) in [7, 11) is 0. The number of aryl methyl sites for hydroxylation is 1. The number of piperazine rings is 1. The van der Waals surface area contributed by atoms with Crippen molar-refractivity contribution >= 4 is 35.5 Å². The van der Waals surface area contributed by atoms with E-state index in [1.807, 2.05) is 6.07 Å². The zero-order chi connectivity index (χ0) is 24.8. The number of nitrogens with one attached hydrogen (secondary N) is 1. The first-order chi connectivity index (χ1) is 15.6. The number of fused-ring (bicyclic) bond motifs is 1. The van der Waals surface area contributed by atoms with Gasteiger partial charge in [-0.2, -0.15) is 0 Å². The van der Waals surface area contributed by atoms with E-state index < -0.39 is 23.9 Å². The third-order valence-corrected chi connectivity index (χ3v) is 5.16. The van der Waals surface area contributed by atoms with Crippen LogP contribution in [0.2, 0.25) is 5.02 Å². The normalized spacial score (nSPS) is 17.8. The summed E-state index contributed by atoms with van der Waals surface area (Å²) in [6.07, 6.45) is 5.84. The summed E-state index contributed by atoms with van der Waals surface area (Å²) >= 11 is 6.32. The maximum absolute atomic E-state index is 9.55. The SMILES string of the molecule is Clc1cccc2c1CC(N1CCNCC1)CC2.O=C(O)/C=C\C(=O)O.O=C(O)/C=C\C(=O)O. The zero-order valence-electron chi connectivity index (χ0n) is 17.8. The van der Waals surface area contributed by atoms with Crippen LogP contribution in [0.3, 0.4) is 0 Å². The van der Waals surface area contributed by atoms with Crippen LogP contribution in [0, 0.1) is 0 Å². The first-order valence-corrected chi connectivity index (χ1v) is 10.5. The Kier molecular flexibility index (Phi) is 12.5. The van der Waals surface area contributed by atoms with Crippen LogP contribution in [0.15, 0.2) is 42.5 Å². The van der Waals surface area contributed by atoms with Crippen LogP contribution in [-0.2, 0) is 32.0 Å². The van der Waals surface area contributed by atoms with Crippen molar-refractivity contribution < 1.29 is 39.6 Å². The summed E-state index contributed by atoms with van der Waals surface area (Å²) in [4.78, 5) is 40.8. The van der Waals surface area contributed by atoms with Gasteiger partial charge >= 0.3 is 23.9 Å². The van der Waals surface area contributed by atoms with Crippen molar-refractivity contribution in [1.82, 2.24) is 10.2 Å². The largest absolute Gasteiger partial charge is 0.478 e. The molecule has 33 heavy (non-hydrogen) atoms. The monoisotopic (exact) mass is 482 g/mol. The van der Waals surface area contributed by atoms with E-state index in [1.165, 1.54) is 37.1 Å². The molecule has 1 saturated heterocycles. The fourth-order valence-corrected chi connectivity index (χ4v) is 3.64. The molecule has 1 atom stereocenters. The molecule has 1 aromatic rings. The fourth-order valence-electron chi connectivity index (χ4n) is 3.37. The van der Waals surface area contributed by atoms with Crippen LogP contribution < -0.4 is 5.32 Å². The van der Waals surface area contributed by atoms with Gasteiger partial charge in [-0.05, 0) is 36.5 Å². The van der Waals surface area contributed by atoms with Gasteiger partial charge in [-0.1, -0.05) is 23.7 Å². The van der Waals surface area contributed by atoms with E-state index in [2.05, 4.69) is 22.3 Å². The average molecular weight is 483 g/mol. The van der Waals surface area contributed by atoms with Gasteiger partial charge in [0, 0.05) is 61.5 Å². The molecular formula is C22H27ClN2O8. The lowest BCUT2D eigenvalue weighted by atomic mass is 9.87. The predicted molar refractivity (Wildman–Crippen MR) is 121 cm³/mol. The highest BCUT2D eigenvalue weighted by molar-refractivity contribution is 6.31. The van der Waals surface area contributed by atoms with Crippen LogP contribution in [0.1, 0.15) is 17.5 Å². The molecule has 180 valence electrons. The molecule has 0 radical (unpaired) electrons. The summed E-state index contributed by atoms with van der Waals surface area (Å²) in [6.45, 7) is 4.63. The molecule has 5 N–H and O–H groups in total. The van der Waals surface area contributed by atoms with E-state index in [-0.39, 0.29) is 0 Å². The summed E-state index contributed by atoms with van der Waals surface area (Å²) in [5, 5.41) is 35.6. The van der Waals surface area contributed by atoms with E-state index in [9.17, 15) is 19.2 Å². The van der Waals surface area contributed by atoms with Crippen LogP contribution in [-0.4, -0.2) is 81.4 Å². The average Bonchev–Trinajstić information content (AvgIpc) is 2.78. The number of carboxylic acids is 4. The molecule has 2 aliphatic rings. The van der Waals surface area contributed by atoms with E-state index >= 15 is 0 Å². The molecule has 0 amide bonds. The maximum atomic E-state index is 9.55. The van der Waals surface area contributed by atoms with E-state index in [0.717, 1.165) is 24.5 Å². The van der Waals surface area contributed by atoms with E-state index in [4.69, 9.17) is 32.0 Å². The summed E-state index contributed by atoms with van der Waals surface area (Å²) in [5.41, 5.74) is 2.85. The second kappa shape index (κ2) is 14.8. The molecule has 1 aliphatic carbocycles. The van der Waals surface area contributed by atoms with Crippen molar-refractivity contribution in [2.24, 2.45) is 0 Å². The maximum Gasteiger partial charge on any atom is 0.328 e. The van der Waals surface area contributed by atoms with Crippen LogP contribution >= 0.6 is 11.6 Å². The summed E-state index contributed by atoms with van der Waals surface area (Å²) in [6, 6.07) is 7.03. The number of nitrogens with zero attached hydrogens (tertiary/aromatic N) is 1. The Labute approximate surface area is 195 Å². The zero-order valence-corrected chi connectivity index (χ0v) is 18.6. The van der Waals surface area contributed by atoms with Gasteiger partial charge in [0.15, 0.2) is 0 Å². The second-order valence-electron chi connectivity index (χ2n) is 7.08. The van der Waals surface area contributed by atoms with Crippen molar-refractivity contribution in [2.75, 3.05) is 26.2 Å². The fraction of sp³-hybridized carbons (Fsp3) is 0.364. The Morgan fingerprint density at radius 2 is 1.36 bits per heavy atom. The van der Waals surface area contributed by atoms with Crippen molar-refractivity contribution in [3.05, 3.63) is 58.7 Å². The standard InChI is InChI=1S/C14H19ClN2.2C4H4O4/c15-14-3-1-2-11-4-5-12(10-13(11)14)17-8-6-16-7-9-17;2*5-3(6)1-2-4(7)8/h1-3,12,16H,4-10H2;2*1-2H,(H,5,6)(H,7,8)/b;2*2-1-. The van der Waals surface area contributed by atoms with Crippen LogP contribution in [0.5, 0.6) is 0 Å². The molecule has 3 rings (SSSR count). The van der Waals surface area contributed by atoms with Gasteiger partial charge in [0.2, 0.25) is 0 Å². The quantitative estimate of drug-likeness (QED) is 0.388. The lowest BCUT2D eigenvalue weighted by molar-refractivity contribution is -0.134. The third kappa shape index (κ3) is 11.8. The van der Waals surface area contributed by atoms with Crippen molar-refractivity contribution in [3.8, 4) is 0 Å². The summed E-state index contributed by atoms with van der Waals surface area (Å²) < 4.78 is 0. The Hall–Kier alpha value is -3.21. The second-order valence-corrected chi connectivity index (χ2v) is 7.49. The number of carbonyl (C=O) groups is 4. The van der Waals surface area contributed by atoms with Gasteiger partial charge in [0.05, 0.1) is 0 Å². The minimum absolute atomic E-state index is 0.558. The Morgan fingerprint density at radius 3 is 1.82 bits per heavy atom. The molecule has 0 bridgehead atoms. The number of benzene rings is 1. The first kappa shape index (κ1) is 27.8. The molecule has 10 nitrogen and oxygen atoms in total.